The second-order valence-electron chi connectivity index (χ2n) is 5.81. The quantitative estimate of drug-likeness (QED) is 0.522. The number of likely N-dealkylation sites (N-methyl/N-ethyl adjacent to an activating group) is 1. The van der Waals surface area contributed by atoms with Gasteiger partial charge in [0.1, 0.15) is 12.3 Å². The summed E-state index contributed by atoms with van der Waals surface area (Å²) in [5.41, 5.74) is 2.12. The summed E-state index contributed by atoms with van der Waals surface area (Å²) in [5.74, 6) is 0.925. The van der Waals surface area contributed by atoms with Crippen LogP contribution < -0.4 is 14.8 Å². The Hall–Kier alpha value is -2.09. The van der Waals surface area contributed by atoms with Crippen molar-refractivity contribution in [1.29, 1.82) is 0 Å². The summed E-state index contributed by atoms with van der Waals surface area (Å²) < 4.78 is 12.1. The molecule has 0 saturated carbocycles. The lowest BCUT2D eigenvalue weighted by molar-refractivity contribution is -0.121. The van der Waals surface area contributed by atoms with Crippen LogP contribution in [0.3, 0.4) is 0 Å². The van der Waals surface area contributed by atoms with E-state index in [2.05, 4.69) is 21.2 Å². The number of thiocarbonyl (C=S) groups is 1. The molecule has 1 saturated heterocycles. The van der Waals surface area contributed by atoms with E-state index >= 15 is 0 Å². The highest BCUT2D eigenvalue weighted by Crippen LogP contribution is 2.38. The van der Waals surface area contributed by atoms with Crippen LogP contribution in [0.15, 0.2) is 46.6 Å². The molecule has 3 rings (SSSR count). The number of nitrogens with zero attached hydrogens (tertiary/aromatic N) is 1. The number of benzene rings is 2. The van der Waals surface area contributed by atoms with Gasteiger partial charge in [-0.3, -0.25) is 9.69 Å². The van der Waals surface area contributed by atoms with E-state index in [9.17, 15) is 4.79 Å². The molecule has 0 aromatic heterocycles. The third-order valence-corrected chi connectivity index (χ3v) is 5.12. The number of methoxy groups -OCH3 is 1. The third-order valence-electron chi connectivity index (χ3n) is 3.92. The summed E-state index contributed by atoms with van der Waals surface area (Å²) in [4.78, 5) is 13.5. The number of amides is 1. The lowest BCUT2D eigenvalue weighted by atomic mass is 10.1. The van der Waals surface area contributed by atoms with Crippen LogP contribution in [0, 0.1) is 0 Å². The Morgan fingerprint density at radius 2 is 2.11 bits per heavy atom. The van der Waals surface area contributed by atoms with Crippen molar-refractivity contribution in [2.75, 3.05) is 14.2 Å². The van der Waals surface area contributed by atoms with Crippen molar-refractivity contribution < 1.29 is 14.3 Å². The van der Waals surface area contributed by atoms with E-state index in [1.54, 1.807) is 26.3 Å². The van der Waals surface area contributed by atoms with Crippen LogP contribution in [0.5, 0.6) is 11.5 Å². The van der Waals surface area contributed by atoms with Gasteiger partial charge in [0, 0.05) is 12.1 Å². The zero-order chi connectivity index (χ0) is 19.6. The Kier molecular flexibility index (Phi) is 6.04. The first-order valence-electron chi connectivity index (χ1n) is 7.94. The normalized spacial score (nSPS) is 15.3. The molecular formula is C19H16BrClN2O3S. The number of ether oxygens (including phenoxy) is 2. The number of halogens is 2. The molecule has 1 N–H and O–H groups in total. The first-order chi connectivity index (χ1) is 12.9. The van der Waals surface area contributed by atoms with Gasteiger partial charge >= 0.3 is 0 Å². The van der Waals surface area contributed by atoms with Crippen LogP contribution in [0.2, 0.25) is 5.02 Å². The monoisotopic (exact) mass is 466 g/mol. The molecule has 0 bridgehead atoms. The van der Waals surface area contributed by atoms with Gasteiger partial charge in [0.15, 0.2) is 16.6 Å². The molecule has 0 spiro atoms. The summed E-state index contributed by atoms with van der Waals surface area (Å²) in [7, 11) is 3.19. The van der Waals surface area contributed by atoms with Gasteiger partial charge in [0.25, 0.3) is 5.91 Å². The molecule has 0 unspecified atom stereocenters. The minimum Gasteiger partial charge on any atom is -0.493 e. The molecule has 27 heavy (non-hydrogen) atoms. The van der Waals surface area contributed by atoms with E-state index in [-0.39, 0.29) is 5.91 Å². The van der Waals surface area contributed by atoms with Crippen LogP contribution in [-0.2, 0) is 11.4 Å². The van der Waals surface area contributed by atoms with Crippen LogP contribution in [-0.4, -0.2) is 30.1 Å². The fourth-order valence-electron chi connectivity index (χ4n) is 2.54. The smallest absolute Gasteiger partial charge is 0.276 e. The highest BCUT2D eigenvalue weighted by molar-refractivity contribution is 9.10. The number of hydrogen-bond donors (Lipinski definition) is 1. The van der Waals surface area contributed by atoms with Gasteiger partial charge < -0.3 is 14.8 Å². The molecular weight excluding hydrogens is 452 g/mol. The average Bonchev–Trinajstić information content (AvgIpc) is 2.87. The van der Waals surface area contributed by atoms with Crippen LogP contribution in [0.25, 0.3) is 6.08 Å². The van der Waals surface area contributed by atoms with E-state index < -0.39 is 0 Å². The SMILES string of the molecule is COc1cc(/C=C2\NC(=S)N(C)C2=O)cc(Br)c1OCc1cccc(Cl)c1. The maximum Gasteiger partial charge on any atom is 0.276 e. The van der Waals surface area contributed by atoms with Gasteiger partial charge in [-0.05, 0) is 69.6 Å². The number of carbonyl (C=O) groups is 1. The first-order valence-corrected chi connectivity index (χ1v) is 9.52. The molecule has 0 radical (unpaired) electrons. The number of carbonyl (C=O) groups excluding carboxylic acids is 1. The molecule has 1 amide bonds. The minimum absolute atomic E-state index is 0.184. The van der Waals surface area contributed by atoms with Gasteiger partial charge in [0.2, 0.25) is 0 Å². The Labute approximate surface area is 176 Å². The number of hydrogen-bond acceptors (Lipinski definition) is 4. The number of rotatable bonds is 5. The molecule has 0 aliphatic carbocycles. The summed E-state index contributed by atoms with van der Waals surface area (Å²) in [6.45, 7) is 0.342. The highest BCUT2D eigenvalue weighted by Gasteiger charge is 2.27. The van der Waals surface area contributed by atoms with E-state index in [1.807, 2.05) is 30.3 Å². The van der Waals surface area contributed by atoms with Crippen molar-refractivity contribution in [3.8, 4) is 11.5 Å². The molecule has 1 aliphatic rings. The van der Waals surface area contributed by atoms with E-state index in [1.165, 1.54) is 4.90 Å². The molecule has 5 nitrogen and oxygen atoms in total. The molecule has 140 valence electrons. The van der Waals surface area contributed by atoms with Crippen molar-refractivity contribution in [3.63, 3.8) is 0 Å². The molecule has 2 aromatic rings. The Balaban J connectivity index is 1.85. The lowest BCUT2D eigenvalue weighted by Crippen LogP contribution is -2.25. The molecule has 1 aliphatic heterocycles. The van der Waals surface area contributed by atoms with E-state index in [0.717, 1.165) is 11.1 Å². The zero-order valence-electron chi connectivity index (χ0n) is 14.6. The second kappa shape index (κ2) is 8.29. The predicted octanol–water partition coefficient (Wildman–Crippen LogP) is 4.38. The minimum atomic E-state index is -0.184. The van der Waals surface area contributed by atoms with Crippen molar-refractivity contribution >= 4 is 56.8 Å². The topological polar surface area (TPSA) is 50.8 Å². The van der Waals surface area contributed by atoms with Crippen molar-refractivity contribution in [2.24, 2.45) is 0 Å². The van der Waals surface area contributed by atoms with E-state index in [4.69, 9.17) is 33.3 Å². The highest BCUT2D eigenvalue weighted by atomic mass is 79.9. The largest absolute Gasteiger partial charge is 0.493 e. The van der Waals surface area contributed by atoms with Crippen LogP contribution in [0.4, 0.5) is 0 Å². The van der Waals surface area contributed by atoms with Gasteiger partial charge in [-0.25, -0.2) is 0 Å². The summed E-state index contributed by atoms with van der Waals surface area (Å²) in [6.07, 6.45) is 1.71. The van der Waals surface area contributed by atoms with Gasteiger partial charge in [-0.2, -0.15) is 0 Å². The first kappa shape index (κ1) is 19.7. The lowest BCUT2D eigenvalue weighted by Gasteiger charge is -2.14. The Bertz CT molecular complexity index is 949. The van der Waals surface area contributed by atoms with Gasteiger partial charge in [-0.15, -0.1) is 0 Å². The van der Waals surface area contributed by atoms with E-state index in [0.29, 0.717) is 38.4 Å². The summed E-state index contributed by atoms with van der Waals surface area (Å²) in [5, 5.41) is 3.92. The van der Waals surface area contributed by atoms with Crippen molar-refractivity contribution in [1.82, 2.24) is 10.2 Å². The van der Waals surface area contributed by atoms with Crippen LogP contribution >= 0.6 is 39.7 Å². The molecule has 2 aromatic carbocycles. The van der Waals surface area contributed by atoms with Crippen LogP contribution in [0.1, 0.15) is 11.1 Å². The summed E-state index contributed by atoms with van der Waals surface area (Å²) >= 11 is 14.6. The maximum absolute atomic E-state index is 12.1. The maximum atomic E-state index is 12.1. The fraction of sp³-hybridized carbons (Fsp3) is 0.158. The number of nitrogens with one attached hydrogen (secondary N) is 1. The predicted molar refractivity (Wildman–Crippen MR) is 113 cm³/mol. The third kappa shape index (κ3) is 4.43. The molecule has 1 fully saturated rings. The standard InChI is InChI=1S/C19H16BrClN2O3S/c1-23-18(24)15(22-19(23)27)8-12-7-14(20)17(16(9-12)25-2)26-10-11-4-3-5-13(21)6-11/h3-9H,10H2,1-2H3,(H,22,27)/b15-8-. The Morgan fingerprint density at radius 1 is 1.33 bits per heavy atom. The molecule has 0 atom stereocenters. The van der Waals surface area contributed by atoms with Crippen molar-refractivity contribution in [3.05, 3.63) is 62.7 Å². The molecule has 1 heterocycles. The zero-order valence-corrected chi connectivity index (χ0v) is 17.7. The average molecular weight is 468 g/mol. The van der Waals surface area contributed by atoms with Gasteiger partial charge in [-0.1, -0.05) is 23.7 Å². The second-order valence-corrected chi connectivity index (χ2v) is 7.48. The molecule has 8 heteroatoms. The summed E-state index contributed by atoms with van der Waals surface area (Å²) in [6, 6.07) is 11.1. The van der Waals surface area contributed by atoms with Crippen molar-refractivity contribution in [2.45, 2.75) is 6.61 Å². The fourth-order valence-corrected chi connectivity index (χ4v) is 3.52. The Morgan fingerprint density at radius 3 is 2.74 bits per heavy atom. The van der Waals surface area contributed by atoms with Gasteiger partial charge in [0.05, 0.1) is 11.6 Å².